The first-order valence-corrected chi connectivity index (χ1v) is 5.54. The average molecular weight is 244 g/mol. The Kier molecular flexibility index (Phi) is 3.52. The van der Waals surface area contributed by atoms with Crippen molar-refractivity contribution in [3.8, 4) is 5.69 Å². The zero-order valence-electron chi connectivity index (χ0n) is 9.87. The number of nitrogens with zero attached hydrogens (tertiary/aromatic N) is 2. The number of Topliss-reactive ketones (excluding diaryl/α,β-unsaturated/α-hetero) is 1. The maximum absolute atomic E-state index is 11.6. The van der Waals surface area contributed by atoms with Gasteiger partial charge >= 0.3 is 5.97 Å². The third kappa shape index (κ3) is 2.45. The van der Waals surface area contributed by atoms with Crippen LogP contribution in [-0.4, -0.2) is 28.1 Å². The molecule has 0 saturated heterocycles. The van der Waals surface area contributed by atoms with E-state index < -0.39 is 11.8 Å². The fourth-order valence-corrected chi connectivity index (χ4v) is 1.50. The van der Waals surface area contributed by atoms with E-state index in [1.807, 2.05) is 0 Å². The van der Waals surface area contributed by atoms with Gasteiger partial charge in [-0.2, -0.15) is 5.10 Å². The third-order valence-electron chi connectivity index (χ3n) is 2.36. The van der Waals surface area contributed by atoms with Gasteiger partial charge in [0.15, 0.2) is 0 Å². The van der Waals surface area contributed by atoms with Gasteiger partial charge in [0, 0.05) is 18.0 Å². The summed E-state index contributed by atoms with van der Waals surface area (Å²) in [5.41, 5.74) is 1.13. The monoisotopic (exact) mass is 244 g/mol. The molecule has 0 atom stereocenters. The van der Waals surface area contributed by atoms with Crippen LogP contribution in [0.25, 0.3) is 5.69 Å². The highest BCUT2D eigenvalue weighted by Gasteiger charge is 2.16. The Morgan fingerprint density at radius 2 is 2.00 bits per heavy atom. The maximum atomic E-state index is 11.6. The van der Waals surface area contributed by atoms with Crippen LogP contribution in [0.4, 0.5) is 0 Å². The number of carbonyl (C=O) groups excluding carboxylic acids is 2. The van der Waals surface area contributed by atoms with Crippen LogP contribution in [0.5, 0.6) is 0 Å². The molecule has 92 valence electrons. The van der Waals surface area contributed by atoms with Crippen LogP contribution in [0.15, 0.2) is 42.7 Å². The van der Waals surface area contributed by atoms with Crippen LogP contribution in [0.3, 0.4) is 0 Å². The molecule has 2 aromatic rings. The van der Waals surface area contributed by atoms with Gasteiger partial charge in [-0.3, -0.25) is 4.79 Å². The Hall–Kier alpha value is -2.43. The second-order valence-electron chi connectivity index (χ2n) is 3.55. The highest BCUT2D eigenvalue weighted by molar-refractivity contribution is 6.40. The fraction of sp³-hybridized carbons (Fsp3) is 0.154. The molecule has 0 radical (unpaired) electrons. The molecule has 0 fully saturated rings. The van der Waals surface area contributed by atoms with Crippen LogP contribution in [0.1, 0.15) is 17.3 Å². The Labute approximate surface area is 104 Å². The number of benzene rings is 1. The fourth-order valence-electron chi connectivity index (χ4n) is 1.50. The van der Waals surface area contributed by atoms with Crippen molar-refractivity contribution in [2.24, 2.45) is 0 Å². The van der Waals surface area contributed by atoms with E-state index in [2.05, 4.69) is 9.84 Å². The van der Waals surface area contributed by atoms with Crippen LogP contribution in [-0.2, 0) is 9.53 Å². The summed E-state index contributed by atoms with van der Waals surface area (Å²) in [6, 6.07) is 8.41. The lowest BCUT2D eigenvalue weighted by atomic mass is 10.1. The van der Waals surface area contributed by atoms with E-state index in [4.69, 9.17) is 0 Å². The average Bonchev–Trinajstić information content (AvgIpc) is 2.92. The van der Waals surface area contributed by atoms with E-state index in [9.17, 15) is 9.59 Å². The van der Waals surface area contributed by atoms with E-state index in [1.54, 1.807) is 54.3 Å². The smallest absolute Gasteiger partial charge is 0.379 e. The van der Waals surface area contributed by atoms with Gasteiger partial charge < -0.3 is 4.74 Å². The second-order valence-corrected chi connectivity index (χ2v) is 3.55. The van der Waals surface area contributed by atoms with Gasteiger partial charge in [0.25, 0.3) is 5.78 Å². The van der Waals surface area contributed by atoms with Crippen molar-refractivity contribution in [1.82, 2.24) is 9.78 Å². The van der Waals surface area contributed by atoms with Crippen molar-refractivity contribution < 1.29 is 14.3 Å². The predicted molar refractivity (Wildman–Crippen MR) is 64.5 cm³/mol. The van der Waals surface area contributed by atoms with Crippen LogP contribution >= 0.6 is 0 Å². The molecule has 0 spiro atoms. The molecule has 0 aliphatic carbocycles. The molecule has 0 bridgehead atoms. The van der Waals surface area contributed by atoms with Crippen molar-refractivity contribution in [3.63, 3.8) is 0 Å². The molecule has 0 aliphatic rings. The zero-order chi connectivity index (χ0) is 13.0. The molecule has 0 unspecified atom stereocenters. The van der Waals surface area contributed by atoms with Crippen molar-refractivity contribution in [2.45, 2.75) is 6.92 Å². The molecule has 0 N–H and O–H groups in total. The Balaban J connectivity index is 2.18. The highest BCUT2D eigenvalue weighted by atomic mass is 16.5. The molecule has 2 rings (SSSR count). The summed E-state index contributed by atoms with van der Waals surface area (Å²) in [6.45, 7) is 1.85. The quantitative estimate of drug-likeness (QED) is 0.466. The first kappa shape index (κ1) is 12.0. The van der Waals surface area contributed by atoms with Gasteiger partial charge in [0.1, 0.15) is 0 Å². The topological polar surface area (TPSA) is 61.2 Å². The third-order valence-corrected chi connectivity index (χ3v) is 2.36. The summed E-state index contributed by atoms with van der Waals surface area (Å²) in [4.78, 5) is 22.9. The number of carbonyl (C=O) groups is 2. The summed E-state index contributed by atoms with van der Waals surface area (Å²) < 4.78 is 6.32. The Morgan fingerprint density at radius 3 is 2.56 bits per heavy atom. The van der Waals surface area contributed by atoms with E-state index >= 15 is 0 Å². The summed E-state index contributed by atoms with van der Waals surface area (Å²) in [5, 5.41) is 4.07. The van der Waals surface area contributed by atoms with Crippen LogP contribution in [0.2, 0.25) is 0 Å². The minimum absolute atomic E-state index is 0.190. The summed E-state index contributed by atoms with van der Waals surface area (Å²) >= 11 is 0. The SMILES string of the molecule is CCOC(=O)C(=O)c1ccc(-n2cccn2)cc1. The van der Waals surface area contributed by atoms with Gasteiger partial charge in [-0.1, -0.05) is 0 Å². The molecule has 0 aliphatic heterocycles. The normalized spacial score (nSPS) is 10.1. The predicted octanol–water partition coefficient (Wildman–Crippen LogP) is 1.62. The number of hydrogen-bond donors (Lipinski definition) is 0. The number of esters is 1. The van der Waals surface area contributed by atoms with E-state index in [1.165, 1.54) is 0 Å². The minimum Gasteiger partial charge on any atom is -0.460 e. The number of rotatable bonds is 4. The molecular formula is C13H12N2O3. The van der Waals surface area contributed by atoms with E-state index in [0.717, 1.165) is 5.69 Å². The molecule has 1 heterocycles. The Bertz CT molecular complexity index is 544. The van der Waals surface area contributed by atoms with Crippen molar-refractivity contribution in [2.75, 3.05) is 6.61 Å². The first-order chi connectivity index (χ1) is 8.72. The lowest BCUT2D eigenvalue weighted by molar-refractivity contribution is -0.137. The molecular weight excluding hydrogens is 232 g/mol. The van der Waals surface area contributed by atoms with Crippen molar-refractivity contribution >= 4 is 11.8 Å². The summed E-state index contributed by atoms with van der Waals surface area (Å²) in [5.74, 6) is -1.46. The van der Waals surface area contributed by atoms with Gasteiger partial charge in [0.05, 0.1) is 12.3 Å². The molecule has 0 amide bonds. The van der Waals surface area contributed by atoms with E-state index in [-0.39, 0.29) is 6.61 Å². The highest BCUT2D eigenvalue weighted by Crippen LogP contribution is 2.09. The molecule has 5 heteroatoms. The second kappa shape index (κ2) is 5.27. The number of hydrogen-bond acceptors (Lipinski definition) is 4. The number of ketones is 1. The Morgan fingerprint density at radius 1 is 1.28 bits per heavy atom. The number of ether oxygens (including phenoxy) is 1. The van der Waals surface area contributed by atoms with Crippen molar-refractivity contribution in [3.05, 3.63) is 48.3 Å². The standard InChI is InChI=1S/C13H12N2O3/c1-2-18-13(17)12(16)10-4-6-11(7-5-10)15-9-3-8-14-15/h3-9H,2H2,1H3. The lowest BCUT2D eigenvalue weighted by Gasteiger charge is -2.03. The lowest BCUT2D eigenvalue weighted by Crippen LogP contribution is -2.17. The summed E-state index contributed by atoms with van der Waals surface area (Å²) in [7, 11) is 0. The van der Waals surface area contributed by atoms with Gasteiger partial charge in [-0.05, 0) is 37.3 Å². The van der Waals surface area contributed by atoms with Gasteiger partial charge in [-0.25, -0.2) is 9.48 Å². The molecule has 5 nitrogen and oxygen atoms in total. The van der Waals surface area contributed by atoms with Crippen molar-refractivity contribution in [1.29, 1.82) is 0 Å². The minimum atomic E-state index is -0.829. The van der Waals surface area contributed by atoms with E-state index in [0.29, 0.717) is 5.56 Å². The summed E-state index contributed by atoms with van der Waals surface area (Å²) in [6.07, 6.45) is 3.46. The van der Waals surface area contributed by atoms with Crippen LogP contribution in [0, 0.1) is 0 Å². The molecule has 18 heavy (non-hydrogen) atoms. The first-order valence-electron chi connectivity index (χ1n) is 5.54. The zero-order valence-corrected chi connectivity index (χ0v) is 9.87. The molecule has 1 aromatic carbocycles. The molecule has 1 aromatic heterocycles. The van der Waals surface area contributed by atoms with Gasteiger partial charge in [-0.15, -0.1) is 0 Å². The largest absolute Gasteiger partial charge is 0.460 e. The molecule has 0 saturated carbocycles. The number of aromatic nitrogens is 2. The van der Waals surface area contributed by atoms with Crippen LogP contribution < -0.4 is 0 Å². The maximum Gasteiger partial charge on any atom is 0.379 e. The van der Waals surface area contributed by atoms with Gasteiger partial charge in [0.2, 0.25) is 0 Å².